The van der Waals surface area contributed by atoms with E-state index in [1.165, 1.54) is 5.56 Å². The molecule has 1 N–H and O–H groups in total. The fourth-order valence-corrected chi connectivity index (χ4v) is 4.40. The van der Waals surface area contributed by atoms with Gasteiger partial charge in [-0.3, -0.25) is 9.89 Å². The highest BCUT2D eigenvalue weighted by Gasteiger charge is 2.30. The normalized spacial score (nSPS) is 22.5. The van der Waals surface area contributed by atoms with Crippen LogP contribution in [0.2, 0.25) is 0 Å². The van der Waals surface area contributed by atoms with Crippen molar-refractivity contribution in [1.29, 1.82) is 0 Å². The summed E-state index contributed by atoms with van der Waals surface area (Å²) in [6, 6.07) is 20.6. The Morgan fingerprint density at radius 3 is 2.45 bits per heavy atom. The van der Waals surface area contributed by atoms with Gasteiger partial charge >= 0.3 is 0 Å². The van der Waals surface area contributed by atoms with Crippen LogP contribution in [0.4, 0.5) is 0 Å². The number of nitrogens with zero attached hydrogens (tertiary/aromatic N) is 3. The van der Waals surface area contributed by atoms with Crippen molar-refractivity contribution in [1.82, 2.24) is 15.1 Å². The highest BCUT2D eigenvalue weighted by atomic mass is 16.5. The average molecular weight is 423 g/mol. The molecule has 2 fully saturated rings. The molecule has 6 heteroatoms. The maximum absolute atomic E-state index is 6.03. The maximum Gasteiger partial charge on any atom is 0.193 e. The van der Waals surface area contributed by atoms with E-state index in [1.54, 1.807) is 0 Å². The molecule has 166 valence electrons. The van der Waals surface area contributed by atoms with Crippen LogP contribution < -0.4 is 10.1 Å². The van der Waals surface area contributed by atoms with E-state index >= 15 is 0 Å². The van der Waals surface area contributed by atoms with E-state index in [1.807, 2.05) is 37.4 Å². The van der Waals surface area contributed by atoms with Crippen molar-refractivity contribution in [3.8, 4) is 5.75 Å². The van der Waals surface area contributed by atoms with E-state index in [2.05, 4.69) is 50.4 Å². The fraction of sp³-hybridized carbons (Fsp3) is 0.480. The van der Waals surface area contributed by atoms with E-state index < -0.39 is 0 Å². The molecular weight excluding hydrogens is 388 g/mol. The summed E-state index contributed by atoms with van der Waals surface area (Å²) in [5.41, 5.74) is 1.27. The second-order valence-electron chi connectivity index (χ2n) is 8.17. The largest absolute Gasteiger partial charge is 0.492 e. The number of ether oxygens (including phenoxy) is 2. The number of hydrogen-bond donors (Lipinski definition) is 1. The summed E-state index contributed by atoms with van der Waals surface area (Å²) in [4.78, 5) is 9.37. The Balaban J connectivity index is 1.20. The van der Waals surface area contributed by atoms with Gasteiger partial charge < -0.3 is 19.7 Å². The molecule has 0 aromatic heterocycles. The molecule has 2 aliphatic rings. The molecule has 0 amide bonds. The van der Waals surface area contributed by atoms with Crippen LogP contribution in [0.15, 0.2) is 65.7 Å². The molecule has 2 heterocycles. The number of benzene rings is 2. The molecule has 0 aliphatic carbocycles. The smallest absolute Gasteiger partial charge is 0.193 e. The first-order valence-electron chi connectivity index (χ1n) is 11.4. The van der Waals surface area contributed by atoms with Crippen molar-refractivity contribution in [2.75, 3.05) is 59.5 Å². The number of aliphatic imine (C=N–C) groups is 1. The van der Waals surface area contributed by atoms with Crippen LogP contribution in [-0.4, -0.2) is 75.3 Å². The number of para-hydroxylation sites is 1. The van der Waals surface area contributed by atoms with Gasteiger partial charge in [-0.25, -0.2) is 0 Å². The van der Waals surface area contributed by atoms with Crippen LogP contribution in [0.3, 0.4) is 0 Å². The second-order valence-corrected chi connectivity index (χ2v) is 8.17. The third kappa shape index (κ3) is 5.99. The minimum atomic E-state index is 0.174. The van der Waals surface area contributed by atoms with Crippen molar-refractivity contribution in [3.63, 3.8) is 0 Å². The lowest BCUT2D eigenvalue weighted by Crippen LogP contribution is -2.53. The van der Waals surface area contributed by atoms with Gasteiger partial charge in [-0.2, -0.15) is 0 Å². The summed E-state index contributed by atoms with van der Waals surface area (Å²) in [6.07, 6.45) is 1.26. The Morgan fingerprint density at radius 2 is 1.74 bits per heavy atom. The number of hydrogen-bond acceptors (Lipinski definition) is 4. The SMILES string of the molecule is CN=C(NCC1CCOC1c1ccccc1)N1CCN(CCOc2ccccc2)CC1. The molecule has 2 aromatic rings. The quantitative estimate of drug-likeness (QED) is 0.549. The summed E-state index contributed by atoms with van der Waals surface area (Å²) in [6.45, 7) is 7.40. The monoisotopic (exact) mass is 422 g/mol. The van der Waals surface area contributed by atoms with Crippen molar-refractivity contribution < 1.29 is 9.47 Å². The first-order chi connectivity index (χ1) is 15.3. The minimum Gasteiger partial charge on any atom is -0.492 e. The number of nitrogens with one attached hydrogen (secondary N) is 1. The molecule has 2 unspecified atom stereocenters. The van der Waals surface area contributed by atoms with Gasteiger partial charge in [-0.1, -0.05) is 48.5 Å². The van der Waals surface area contributed by atoms with E-state index in [0.717, 1.165) is 70.6 Å². The lowest BCUT2D eigenvalue weighted by Gasteiger charge is -2.36. The van der Waals surface area contributed by atoms with Gasteiger partial charge in [0.25, 0.3) is 0 Å². The molecule has 0 bridgehead atoms. The van der Waals surface area contributed by atoms with Crippen LogP contribution in [0, 0.1) is 5.92 Å². The van der Waals surface area contributed by atoms with Gasteiger partial charge in [-0.05, 0) is 24.1 Å². The molecule has 0 spiro atoms. The van der Waals surface area contributed by atoms with Crippen LogP contribution in [0.1, 0.15) is 18.1 Å². The van der Waals surface area contributed by atoms with Crippen LogP contribution in [0.25, 0.3) is 0 Å². The van der Waals surface area contributed by atoms with Crippen LogP contribution >= 0.6 is 0 Å². The predicted octanol–water partition coefficient (Wildman–Crippen LogP) is 3.04. The molecule has 2 aliphatic heterocycles. The summed E-state index contributed by atoms with van der Waals surface area (Å²) in [5, 5.41) is 3.61. The van der Waals surface area contributed by atoms with Gasteiger partial charge in [0.15, 0.2) is 5.96 Å². The molecule has 0 radical (unpaired) electrons. The van der Waals surface area contributed by atoms with Crippen LogP contribution in [0.5, 0.6) is 5.75 Å². The van der Waals surface area contributed by atoms with Gasteiger partial charge in [-0.15, -0.1) is 0 Å². The van der Waals surface area contributed by atoms with Gasteiger partial charge in [0.05, 0.1) is 6.10 Å². The lowest BCUT2D eigenvalue weighted by molar-refractivity contribution is 0.0911. The molecule has 2 saturated heterocycles. The zero-order valence-electron chi connectivity index (χ0n) is 18.5. The Bertz CT molecular complexity index is 807. The highest BCUT2D eigenvalue weighted by Crippen LogP contribution is 2.33. The Morgan fingerprint density at radius 1 is 1.03 bits per heavy atom. The lowest BCUT2D eigenvalue weighted by atomic mass is 9.95. The van der Waals surface area contributed by atoms with E-state index in [9.17, 15) is 0 Å². The zero-order chi connectivity index (χ0) is 21.3. The molecular formula is C25H34N4O2. The molecule has 6 nitrogen and oxygen atoms in total. The number of rotatable bonds is 7. The maximum atomic E-state index is 6.03. The number of guanidine groups is 1. The summed E-state index contributed by atoms with van der Waals surface area (Å²) in [5.74, 6) is 2.41. The van der Waals surface area contributed by atoms with Crippen LogP contribution in [-0.2, 0) is 4.74 Å². The molecule has 2 atom stereocenters. The molecule has 4 rings (SSSR count). The highest BCUT2D eigenvalue weighted by molar-refractivity contribution is 5.80. The summed E-state index contributed by atoms with van der Waals surface area (Å²) in [7, 11) is 1.88. The molecule has 31 heavy (non-hydrogen) atoms. The first kappa shape index (κ1) is 21.7. The molecule has 0 saturated carbocycles. The standard InChI is InChI=1S/C25H34N4O2/c1-26-25(27-20-22-12-18-31-24(22)21-8-4-2-5-9-21)29-15-13-28(14-16-29)17-19-30-23-10-6-3-7-11-23/h2-11,22,24H,12-20H2,1H3,(H,26,27). The Labute approximate surface area is 185 Å². The minimum absolute atomic E-state index is 0.174. The Hall–Kier alpha value is -2.57. The second kappa shape index (κ2) is 11.2. The molecule has 2 aromatic carbocycles. The van der Waals surface area contributed by atoms with Crippen molar-refractivity contribution in [2.45, 2.75) is 12.5 Å². The summed E-state index contributed by atoms with van der Waals surface area (Å²) >= 11 is 0. The van der Waals surface area contributed by atoms with Gasteiger partial charge in [0, 0.05) is 58.8 Å². The van der Waals surface area contributed by atoms with E-state index in [0.29, 0.717) is 5.92 Å². The summed E-state index contributed by atoms with van der Waals surface area (Å²) < 4.78 is 11.9. The average Bonchev–Trinajstić information content (AvgIpc) is 3.30. The predicted molar refractivity (Wildman–Crippen MR) is 125 cm³/mol. The zero-order valence-corrected chi connectivity index (χ0v) is 18.5. The van der Waals surface area contributed by atoms with Gasteiger partial charge in [0.1, 0.15) is 12.4 Å². The van der Waals surface area contributed by atoms with Gasteiger partial charge in [0.2, 0.25) is 0 Å². The van der Waals surface area contributed by atoms with Crippen molar-refractivity contribution in [3.05, 3.63) is 66.2 Å². The topological polar surface area (TPSA) is 49.3 Å². The first-order valence-corrected chi connectivity index (χ1v) is 11.4. The van der Waals surface area contributed by atoms with E-state index in [4.69, 9.17) is 9.47 Å². The fourth-order valence-electron chi connectivity index (χ4n) is 4.40. The third-order valence-electron chi connectivity index (χ3n) is 6.17. The number of piperazine rings is 1. The van der Waals surface area contributed by atoms with Crippen molar-refractivity contribution >= 4 is 5.96 Å². The Kier molecular flexibility index (Phi) is 7.80. The van der Waals surface area contributed by atoms with Crippen molar-refractivity contribution in [2.24, 2.45) is 10.9 Å². The third-order valence-corrected chi connectivity index (χ3v) is 6.17. The van der Waals surface area contributed by atoms with E-state index in [-0.39, 0.29) is 6.10 Å².